The third-order valence-corrected chi connectivity index (χ3v) is 5.80. The van der Waals surface area contributed by atoms with Crippen LogP contribution in [-0.2, 0) is 18.4 Å². The van der Waals surface area contributed by atoms with Gasteiger partial charge in [-0.2, -0.15) is 0 Å². The molecule has 0 spiro atoms. The minimum Gasteiger partial charge on any atom is -0.350 e. The lowest BCUT2D eigenvalue weighted by Crippen LogP contribution is -2.29. The zero-order valence-electron chi connectivity index (χ0n) is 13.5. The van der Waals surface area contributed by atoms with Crippen LogP contribution in [-0.4, -0.2) is 39.5 Å². The van der Waals surface area contributed by atoms with Crippen molar-refractivity contribution in [2.75, 3.05) is 18.8 Å². The summed E-state index contributed by atoms with van der Waals surface area (Å²) in [4.78, 5) is 13.1. The number of carbonyl (C=O) groups excluding carboxylic acids is 1. The number of piperidine rings is 1. The summed E-state index contributed by atoms with van der Waals surface area (Å²) in [6.07, 6.45) is 2.32. The molecule has 1 unspecified atom stereocenters. The molecule has 3 heterocycles. The van der Waals surface area contributed by atoms with Gasteiger partial charge < -0.3 is 15.2 Å². The minimum atomic E-state index is 0. The molecule has 2 aromatic rings. The van der Waals surface area contributed by atoms with Gasteiger partial charge in [-0.25, -0.2) is 0 Å². The van der Waals surface area contributed by atoms with Gasteiger partial charge in [0.15, 0.2) is 5.16 Å². The minimum absolute atomic E-state index is 0. The Morgan fingerprint density at radius 2 is 2.42 bits per heavy atom. The van der Waals surface area contributed by atoms with Crippen molar-refractivity contribution in [3.8, 4) is 0 Å². The maximum atomic E-state index is 11.9. The fourth-order valence-electron chi connectivity index (χ4n) is 2.66. The molecule has 3 rings (SSSR count). The Labute approximate surface area is 156 Å². The number of aromatic nitrogens is 3. The molecule has 9 heteroatoms. The number of hydrogen-bond acceptors (Lipinski definition) is 6. The molecule has 132 valence electrons. The Morgan fingerprint density at radius 1 is 1.54 bits per heavy atom. The van der Waals surface area contributed by atoms with Gasteiger partial charge in [0.25, 0.3) is 0 Å². The van der Waals surface area contributed by atoms with Crippen molar-refractivity contribution in [1.29, 1.82) is 0 Å². The zero-order chi connectivity index (χ0) is 16.1. The summed E-state index contributed by atoms with van der Waals surface area (Å²) in [6, 6.07) is 4.01. The first-order valence-electron chi connectivity index (χ1n) is 7.76. The van der Waals surface area contributed by atoms with Gasteiger partial charge in [-0.1, -0.05) is 17.8 Å². The molecule has 1 aliphatic heterocycles. The first kappa shape index (κ1) is 19.2. The number of amides is 1. The summed E-state index contributed by atoms with van der Waals surface area (Å²) in [5.41, 5.74) is 0. The Kier molecular flexibility index (Phi) is 7.54. The van der Waals surface area contributed by atoms with Gasteiger partial charge in [-0.3, -0.25) is 4.79 Å². The molecule has 1 saturated heterocycles. The van der Waals surface area contributed by atoms with Crippen LogP contribution in [0.2, 0.25) is 0 Å². The highest BCUT2D eigenvalue weighted by Crippen LogP contribution is 2.24. The predicted octanol–water partition coefficient (Wildman–Crippen LogP) is 2.17. The van der Waals surface area contributed by atoms with Crippen LogP contribution in [0.5, 0.6) is 0 Å². The summed E-state index contributed by atoms with van der Waals surface area (Å²) in [7, 11) is 1.98. The van der Waals surface area contributed by atoms with E-state index >= 15 is 0 Å². The molecule has 24 heavy (non-hydrogen) atoms. The number of halogens is 1. The molecule has 0 bridgehead atoms. The van der Waals surface area contributed by atoms with Crippen LogP contribution in [0, 0.1) is 0 Å². The van der Waals surface area contributed by atoms with Gasteiger partial charge in [0, 0.05) is 24.4 Å². The van der Waals surface area contributed by atoms with Gasteiger partial charge in [0.2, 0.25) is 5.91 Å². The van der Waals surface area contributed by atoms with E-state index in [4.69, 9.17) is 0 Å². The van der Waals surface area contributed by atoms with Crippen LogP contribution >= 0.6 is 35.5 Å². The second kappa shape index (κ2) is 9.41. The maximum Gasteiger partial charge on any atom is 0.230 e. The molecular formula is C15H22ClN5OS2. The number of thiophene rings is 1. The Bertz CT molecular complexity index is 640. The summed E-state index contributed by atoms with van der Waals surface area (Å²) < 4.78 is 2.02. The normalized spacial score (nSPS) is 17.3. The van der Waals surface area contributed by atoms with Crippen LogP contribution in [0.1, 0.15) is 29.5 Å². The predicted molar refractivity (Wildman–Crippen MR) is 100.0 cm³/mol. The third-order valence-electron chi connectivity index (χ3n) is 3.90. The van der Waals surface area contributed by atoms with Gasteiger partial charge in [0.05, 0.1) is 12.3 Å². The first-order chi connectivity index (χ1) is 11.2. The summed E-state index contributed by atoms with van der Waals surface area (Å²) in [5.74, 6) is 1.81. The van der Waals surface area contributed by atoms with E-state index in [-0.39, 0.29) is 18.3 Å². The molecule has 2 aromatic heterocycles. The fraction of sp³-hybridized carbons (Fsp3) is 0.533. The summed E-state index contributed by atoms with van der Waals surface area (Å²) >= 11 is 3.08. The van der Waals surface area contributed by atoms with E-state index in [1.54, 1.807) is 11.3 Å². The highest BCUT2D eigenvalue weighted by atomic mass is 35.5. The Balaban J connectivity index is 0.00000208. The van der Waals surface area contributed by atoms with E-state index in [0.29, 0.717) is 18.2 Å². The molecule has 2 N–H and O–H groups in total. The standard InChI is InChI=1S/C15H21N5OS2.ClH/c1-20-14(11-4-2-6-16-8-11)18-19-15(20)23-10-13(21)17-9-12-5-3-7-22-12;/h3,5,7,11,16H,2,4,6,8-10H2,1H3,(H,17,21);1H. The zero-order valence-corrected chi connectivity index (χ0v) is 16.0. The molecule has 0 radical (unpaired) electrons. The van der Waals surface area contributed by atoms with Gasteiger partial charge in [-0.05, 0) is 30.8 Å². The number of hydrogen-bond donors (Lipinski definition) is 2. The largest absolute Gasteiger partial charge is 0.350 e. The molecular weight excluding hydrogens is 366 g/mol. The highest BCUT2D eigenvalue weighted by Gasteiger charge is 2.21. The van der Waals surface area contributed by atoms with Crippen LogP contribution < -0.4 is 10.6 Å². The van der Waals surface area contributed by atoms with Crippen LogP contribution in [0.25, 0.3) is 0 Å². The Hall–Kier alpha value is -1.09. The Morgan fingerprint density at radius 3 is 3.12 bits per heavy atom. The number of rotatable bonds is 6. The molecule has 1 amide bonds. The smallest absolute Gasteiger partial charge is 0.230 e. The van der Waals surface area contributed by atoms with Gasteiger partial charge in [-0.15, -0.1) is 33.9 Å². The fourth-order valence-corrected chi connectivity index (χ4v) is 4.05. The van der Waals surface area contributed by atoms with E-state index in [2.05, 4.69) is 20.8 Å². The highest BCUT2D eigenvalue weighted by molar-refractivity contribution is 7.99. The third kappa shape index (κ3) is 4.95. The van der Waals surface area contributed by atoms with E-state index in [1.165, 1.54) is 18.2 Å². The average molecular weight is 388 g/mol. The maximum absolute atomic E-state index is 11.9. The van der Waals surface area contributed by atoms with Crippen molar-refractivity contribution in [2.45, 2.75) is 30.5 Å². The first-order valence-corrected chi connectivity index (χ1v) is 9.62. The lowest BCUT2D eigenvalue weighted by atomic mass is 9.99. The molecule has 1 fully saturated rings. The van der Waals surface area contributed by atoms with Crippen molar-refractivity contribution in [3.63, 3.8) is 0 Å². The summed E-state index contributed by atoms with van der Waals surface area (Å²) in [5, 5.41) is 17.7. The second-order valence-corrected chi connectivity index (χ2v) is 7.56. The quantitative estimate of drug-likeness (QED) is 0.743. The number of nitrogens with zero attached hydrogens (tertiary/aromatic N) is 3. The summed E-state index contributed by atoms with van der Waals surface area (Å²) in [6.45, 7) is 2.63. The van der Waals surface area contributed by atoms with Gasteiger partial charge >= 0.3 is 0 Å². The monoisotopic (exact) mass is 387 g/mol. The molecule has 6 nitrogen and oxygen atoms in total. The molecule has 0 saturated carbocycles. The van der Waals surface area contributed by atoms with Crippen molar-refractivity contribution in [1.82, 2.24) is 25.4 Å². The lowest BCUT2D eigenvalue weighted by molar-refractivity contribution is -0.118. The second-order valence-electron chi connectivity index (χ2n) is 5.59. The average Bonchev–Trinajstić information content (AvgIpc) is 3.22. The van der Waals surface area contributed by atoms with Crippen LogP contribution in [0.4, 0.5) is 0 Å². The SMILES string of the molecule is Cl.Cn1c(SCC(=O)NCc2cccs2)nnc1C1CCCNC1. The number of nitrogens with one attached hydrogen (secondary N) is 2. The number of thioether (sulfide) groups is 1. The van der Waals surface area contributed by atoms with Crippen molar-refractivity contribution < 1.29 is 4.79 Å². The van der Waals surface area contributed by atoms with Crippen molar-refractivity contribution >= 4 is 41.4 Å². The van der Waals surface area contributed by atoms with E-state index in [9.17, 15) is 4.79 Å². The van der Waals surface area contributed by atoms with Crippen LogP contribution in [0.15, 0.2) is 22.7 Å². The molecule has 0 aromatic carbocycles. The van der Waals surface area contributed by atoms with Crippen LogP contribution in [0.3, 0.4) is 0 Å². The van der Waals surface area contributed by atoms with Crippen molar-refractivity contribution in [2.24, 2.45) is 7.05 Å². The van der Waals surface area contributed by atoms with E-state index < -0.39 is 0 Å². The number of carbonyl (C=O) groups is 1. The van der Waals surface area contributed by atoms with Crippen molar-refractivity contribution in [3.05, 3.63) is 28.2 Å². The van der Waals surface area contributed by atoms with E-state index in [0.717, 1.165) is 35.4 Å². The van der Waals surface area contributed by atoms with E-state index in [1.807, 2.05) is 29.1 Å². The molecule has 1 aliphatic rings. The van der Waals surface area contributed by atoms with Gasteiger partial charge in [0.1, 0.15) is 5.82 Å². The lowest BCUT2D eigenvalue weighted by Gasteiger charge is -2.21. The topological polar surface area (TPSA) is 71.8 Å². The molecule has 0 aliphatic carbocycles. The molecule has 1 atom stereocenters.